The highest BCUT2D eigenvalue weighted by atomic mass is 16.6. The standard InChI is InChI=1S/C45H68O6/c1-3-5-7-9-11-13-15-17-19-21-23-25-27-29-31-33-44(48)50-41-37-35-40(36-38-43(46)47)39-42(41)51-45(49)34-32-30-28-26-24-22-20-18-16-14-12-10-8-6-4-2/h11-14,17-20,35-39H,3-10,15-16,21-34H2,1-2H3,(H,46,47)/b13-11-,14-12-,19-17-,20-18-,38-36+. The number of rotatable bonds is 32. The summed E-state index contributed by atoms with van der Waals surface area (Å²) >= 11 is 0. The van der Waals surface area contributed by atoms with Crippen molar-refractivity contribution in [3.8, 4) is 11.5 Å². The zero-order chi connectivity index (χ0) is 37.0. The number of carbonyl (C=O) groups excluding carboxylic acids is 2. The topological polar surface area (TPSA) is 89.9 Å². The van der Waals surface area contributed by atoms with Gasteiger partial charge in [0.05, 0.1) is 0 Å². The van der Waals surface area contributed by atoms with Crippen molar-refractivity contribution in [2.24, 2.45) is 0 Å². The highest BCUT2D eigenvalue weighted by molar-refractivity contribution is 5.85. The molecule has 0 heterocycles. The molecule has 0 fully saturated rings. The van der Waals surface area contributed by atoms with E-state index in [1.54, 1.807) is 12.1 Å². The number of hydrogen-bond donors (Lipinski definition) is 1. The highest BCUT2D eigenvalue weighted by Gasteiger charge is 2.15. The highest BCUT2D eigenvalue weighted by Crippen LogP contribution is 2.30. The fraction of sp³-hybridized carbons (Fsp3) is 0.578. The molecule has 0 amide bonds. The van der Waals surface area contributed by atoms with E-state index in [0.29, 0.717) is 5.56 Å². The quantitative estimate of drug-likeness (QED) is 0.0264. The summed E-state index contributed by atoms with van der Waals surface area (Å²) in [4.78, 5) is 36.3. The van der Waals surface area contributed by atoms with E-state index in [1.807, 2.05) is 0 Å². The number of ether oxygens (including phenoxy) is 2. The molecule has 0 saturated heterocycles. The lowest BCUT2D eigenvalue weighted by atomic mass is 10.1. The first kappa shape index (κ1) is 45.4. The fourth-order valence-corrected chi connectivity index (χ4v) is 5.47. The van der Waals surface area contributed by atoms with Crippen LogP contribution in [0.15, 0.2) is 72.9 Å². The Hall–Kier alpha value is -3.67. The molecular formula is C45H68O6. The average Bonchev–Trinajstić information content (AvgIpc) is 3.11. The molecule has 0 aromatic heterocycles. The number of allylic oxidation sites excluding steroid dienone is 8. The Morgan fingerprint density at radius 2 is 0.941 bits per heavy atom. The average molecular weight is 705 g/mol. The van der Waals surface area contributed by atoms with Crippen LogP contribution in [-0.2, 0) is 14.4 Å². The maximum atomic E-state index is 12.7. The number of aliphatic carboxylic acids is 1. The van der Waals surface area contributed by atoms with Crippen molar-refractivity contribution in [2.75, 3.05) is 0 Å². The van der Waals surface area contributed by atoms with Gasteiger partial charge < -0.3 is 14.6 Å². The Morgan fingerprint density at radius 3 is 1.39 bits per heavy atom. The van der Waals surface area contributed by atoms with Crippen LogP contribution in [0, 0.1) is 0 Å². The van der Waals surface area contributed by atoms with Crippen LogP contribution in [0.25, 0.3) is 6.08 Å². The zero-order valence-electron chi connectivity index (χ0n) is 32.0. The first-order valence-electron chi connectivity index (χ1n) is 20.0. The molecule has 0 aliphatic carbocycles. The molecule has 6 nitrogen and oxygen atoms in total. The summed E-state index contributed by atoms with van der Waals surface area (Å²) in [6, 6.07) is 4.72. The Bertz CT molecular complexity index is 1210. The van der Waals surface area contributed by atoms with Crippen LogP contribution in [0.2, 0.25) is 0 Å². The molecule has 1 rings (SSSR count). The molecule has 0 spiro atoms. The first-order chi connectivity index (χ1) is 25.0. The Balaban J connectivity index is 2.35. The predicted octanol–water partition coefficient (Wildman–Crippen LogP) is 13.2. The minimum atomic E-state index is -1.08. The third-order valence-electron chi connectivity index (χ3n) is 8.50. The molecule has 51 heavy (non-hydrogen) atoms. The largest absolute Gasteiger partial charge is 0.478 e. The van der Waals surface area contributed by atoms with Crippen molar-refractivity contribution in [3.05, 3.63) is 78.4 Å². The molecule has 1 N–H and O–H groups in total. The van der Waals surface area contributed by atoms with Gasteiger partial charge in [-0.25, -0.2) is 4.79 Å². The molecule has 0 atom stereocenters. The van der Waals surface area contributed by atoms with Gasteiger partial charge in [-0.3, -0.25) is 9.59 Å². The van der Waals surface area contributed by atoms with Gasteiger partial charge in [-0.1, -0.05) is 133 Å². The zero-order valence-corrected chi connectivity index (χ0v) is 32.0. The van der Waals surface area contributed by atoms with E-state index < -0.39 is 11.9 Å². The molecule has 1 aromatic carbocycles. The Morgan fingerprint density at radius 1 is 0.529 bits per heavy atom. The first-order valence-corrected chi connectivity index (χ1v) is 20.0. The normalized spacial score (nSPS) is 12.0. The second-order valence-corrected chi connectivity index (χ2v) is 13.3. The smallest absolute Gasteiger partial charge is 0.328 e. The summed E-state index contributed by atoms with van der Waals surface area (Å²) in [5.41, 5.74) is 0.533. The number of esters is 2. The van der Waals surface area contributed by atoms with Crippen LogP contribution < -0.4 is 9.47 Å². The van der Waals surface area contributed by atoms with Gasteiger partial charge >= 0.3 is 17.9 Å². The molecule has 0 radical (unpaired) electrons. The summed E-state index contributed by atoms with van der Waals surface area (Å²) < 4.78 is 11.2. The van der Waals surface area contributed by atoms with Gasteiger partial charge in [0.1, 0.15) is 0 Å². The summed E-state index contributed by atoms with van der Waals surface area (Å²) in [5, 5.41) is 9.00. The van der Waals surface area contributed by atoms with Crippen molar-refractivity contribution in [3.63, 3.8) is 0 Å². The van der Waals surface area contributed by atoms with E-state index >= 15 is 0 Å². The van der Waals surface area contributed by atoms with Crippen LogP contribution in [0.1, 0.15) is 174 Å². The second kappa shape index (κ2) is 33.5. The minimum Gasteiger partial charge on any atom is -0.478 e. The molecule has 1 aromatic rings. The number of unbranched alkanes of at least 4 members (excludes halogenated alkanes) is 16. The molecule has 0 aliphatic rings. The van der Waals surface area contributed by atoms with Gasteiger partial charge in [0.2, 0.25) is 0 Å². The summed E-state index contributed by atoms with van der Waals surface area (Å²) in [6.45, 7) is 4.45. The second-order valence-electron chi connectivity index (χ2n) is 13.3. The summed E-state index contributed by atoms with van der Waals surface area (Å²) in [7, 11) is 0. The van der Waals surface area contributed by atoms with Crippen LogP contribution in [-0.4, -0.2) is 23.0 Å². The lowest BCUT2D eigenvalue weighted by Gasteiger charge is -2.12. The van der Waals surface area contributed by atoms with Gasteiger partial charge in [0.25, 0.3) is 0 Å². The van der Waals surface area contributed by atoms with E-state index in [2.05, 4.69) is 62.5 Å². The van der Waals surface area contributed by atoms with E-state index in [-0.39, 0.29) is 30.3 Å². The summed E-state index contributed by atoms with van der Waals surface area (Å²) in [6.07, 6.45) is 45.3. The Kier molecular flexibility index (Phi) is 29.8. The molecule has 6 heteroatoms. The van der Waals surface area contributed by atoms with Crippen LogP contribution in [0.3, 0.4) is 0 Å². The lowest BCUT2D eigenvalue weighted by molar-refractivity contribution is -0.137. The monoisotopic (exact) mass is 705 g/mol. The number of carboxylic acids is 1. The third-order valence-corrected chi connectivity index (χ3v) is 8.50. The predicted molar refractivity (Wildman–Crippen MR) is 213 cm³/mol. The molecule has 0 bridgehead atoms. The molecule has 0 aliphatic heterocycles. The van der Waals surface area contributed by atoms with Gasteiger partial charge in [-0.05, 0) is 101 Å². The van der Waals surface area contributed by atoms with Crippen molar-refractivity contribution in [1.82, 2.24) is 0 Å². The van der Waals surface area contributed by atoms with Gasteiger partial charge in [-0.2, -0.15) is 0 Å². The van der Waals surface area contributed by atoms with Crippen molar-refractivity contribution in [1.29, 1.82) is 0 Å². The maximum Gasteiger partial charge on any atom is 0.328 e. The van der Waals surface area contributed by atoms with Gasteiger partial charge in [-0.15, -0.1) is 0 Å². The number of carboxylic acid groups (broad SMARTS) is 1. The van der Waals surface area contributed by atoms with E-state index in [1.165, 1.54) is 63.5 Å². The molecule has 0 saturated carbocycles. The van der Waals surface area contributed by atoms with Gasteiger partial charge in [0, 0.05) is 18.9 Å². The minimum absolute atomic E-state index is 0.128. The molecule has 0 unspecified atom stereocenters. The molecule has 284 valence electrons. The Labute approximate surface area is 310 Å². The lowest BCUT2D eigenvalue weighted by Crippen LogP contribution is -2.12. The van der Waals surface area contributed by atoms with Crippen molar-refractivity contribution in [2.45, 2.75) is 168 Å². The van der Waals surface area contributed by atoms with Crippen LogP contribution in [0.4, 0.5) is 0 Å². The van der Waals surface area contributed by atoms with Crippen molar-refractivity contribution >= 4 is 24.0 Å². The maximum absolute atomic E-state index is 12.7. The number of benzene rings is 1. The number of hydrogen-bond acceptors (Lipinski definition) is 5. The van der Waals surface area contributed by atoms with Crippen LogP contribution in [0.5, 0.6) is 11.5 Å². The van der Waals surface area contributed by atoms with Crippen LogP contribution >= 0.6 is 0 Å². The molecular weight excluding hydrogens is 636 g/mol. The van der Waals surface area contributed by atoms with E-state index in [4.69, 9.17) is 14.6 Å². The van der Waals surface area contributed by atoms with E-state index in [0.717, 1.165) is 96.0 Å². The van der Waals surface area contributed by atoms with Crippen molar-refractivity contribution < 1.29 is 29.0 Å². The fourth-order valence-electron chi connectivity index (χ4n) is 5.47. The number of carbonyl (C=O) groups is 3. The summed E-state index contributed by atoms with van der Waals surface area (Å²) in [5.74, 6) is -1.55. The third kappa shape index (κ3) is 28.7. The van der Waals surface area contributed by atoms with E-state index in [9.17, 15) is 14.4 Å². The van der Waals surface area contributed by atoms with Gasteiger partial charge in [0.15, 0.2) is 11.5 Å². The SMILES string of the molecule is CCCCC/C=C\C/C=C\CCCCCCCC(=O)Oc1ccc(/C=C/C(=O)O)cc1OC(=O)CCCCCCC/C=C\C/C=C\CCCCC.